The zero-order valence-corrected chi connectivity index (χ0v) is 17.3. The third kappa shape index (κ3) is 5.02. The molecular weight excluding hydrogens is 418 g/mol. The van der Waals surface area contributed by atoms with E-state index in [0.717, 1.165) is 0 Å². The van der Waals surface area contributed by atoms with Crippen LogP contribution in [0.25, 0.3) is 22.8 Å². The van der Waals surface area contributed by atoms with Crippen LogP contribution in [0.1, 0.15) is 0 Å². The van der Waals surface area contributed by atoms with Gasteiger partial charge in [0.05, 0.1) is 17.7 Å². The smallest absolute Gasteiger partial charge is 0.262 e. The minimum atomic E-state index is -0.281. The van der Waals surface area contributed by atoms with Gasteiger partial charge in [-0.2, -0.15) is 4.98 Å². The predicted molar refractivity (Wildman–Crippen MR) is 117 cm³/mol. The van der Waals surface area contributed by atoms with Crippen LogP contribution in [0.4, 0.5) is 5.69 Å². The summed E-state index contributed by atoms with van der Waals surface area (Å²) in [6.07, 6.45) is 0. The fraction of sp³-hybridized carbons (Fsp3) is 0.0870. The highest BCUT2D eigenvalue weighted by molar-refractivity contribution is 6.33. The summed E-state index contributed by atoms with van der Waals surface area (Å²) in [4.78, 5) is 16.6. The first-order valence-corrected chi connectivity index (χ1v) is 9.76. The van der Waals surface area contributed by atoms with Gasteiger partial charge >= 0.3 is 0 Å². The van der Waals surface area contributed by atoms with Crippen molar-refractivity contribution in [2.75, 3.05) is 19.0 Å². The molecule has 0 fully saturated rings. The van der Waals surface area contributed by atoms with Crippen molar-refractivity contribution in [3.8, 4) is 34.3 Å². The number of anilines is 1. The van der Waals surface area contributed by atoms with Crippen LogP contribution >= 0.6 is 11.6 Å². The Morgan fingerprint density at radius 2 is 1.84 bits per heavy atom. The molecule has 1 heterocycles. The summed E-state index contributed by atoms with van der Waals surface area (Å²) in [6.45, 7) is -0.146. The van der Waals surface area contributed by atoms with E-state index in [1.807, 2.05) is 18.2 Å². The Kier molecular flexibility index (Phi) is 6.14. The zero-order chi connectivity index (χ0) is 21.6. The number of amides is 1. The Hall–Kier alpha value is -3.84. The molecule has 0 radical (unpaired) electrons. The van der Waals surface area contributed by atoms with Gasteiger partial charge in [0.25, 0.3) is 11.8 Å². The van der Waals surface area contributed by atoms with Gasteiger partial charge in [-0.3, -0.25) is 4.79 Å². The third-order valence-electron chi connectivity index (χ3n) is 4.37. The lowest BCUT2D eigenvalue weighted by Crippen LogP contribution is -2.20. The molecule has 1 amide bonds. The molecule has 1 N–H and O–H groups in total. The fourth-order valence-electron chi connectivity index (χ4n) is 2.83. The number of nitrogens with zero attached hydrogens (tertiary/aromatic N) is 2. The van der Waals surface area contributed by atoms with Crippen molar-refractivity contribution >= 4 is 23.2 Å². The van der Waals surface area contributed by atoms with Gasteiger partial charge < -0.3 is 19.3 Å². The second-order valence-electron chi connectivity index (χ2n) is 6.50. The highest BCUT2D eigenvalue weighted by Crippen LogP contribution is 2.29. The van der Waals surface area contributed by atoms with Gasteiger partial charge in [-0.15, -0.1) is 0 Å². The van der Waals surface area contributed by atoms with Crippen LogP contribution in [0.3, 0.4) is 0 Å². The Morgan fingerprint density at radius 3 is 2.61 bits per heavy atom. The average Bonchev–Trinajstić information content (AvgIpc) is 3.29. The van der Waals surface area contributed by atoms with E-state index in [1.165, 1.54) is 0 Å². The lowest BCUT2D eigenvalue weighted by Gasteiger charge is -2.08. The number of carbonyl (C=O) groups excluding carboxylic acids is 1. The molecule has 0 aliphatic rings. The first kappa shape index (κ1) is 20.4. The van der Waals surface area contributed by atoms with Crippen molar-refractivity contribution in [3.63, 3.8) is 0 Å². The van der Waals surface area contributed by atoms with Gasteiger partial charge in [-0.25, -0.2) is 0 Å². The normalized spacial score (nSPS) is 10.5. The molecule has 31 heavy (non-hydrogen) atoms. The maximum Gasteiger partial charge on any atom is 0.262 e. The first-order valence-electron chi connectivity index (χ1n) is 9.38. The summed E-state index contributed by atoms with van der Waals surface area (Å²) in [5, 5.41) is 7.31. The van der Waals surface area contributed by atoms with Crippen molar-refractivity contribution in [3.05, 3.63) is 77.8 Å². The van der Waals surface area contributed by atoms with Crippen molar-refractivity contribution in [1.29, 1.82) is 0 Å². The van der Waals surface area contributed by atoms with Crippen LogP contribution in [-0.4, -0.2) is 29.8 Å². The molecule has 0 atom stereocenters. The monoisotopic (exact) mass is 435 g/mol. The van der Waals surface area contributed by atoms with Crippen LogP contribution in [-0.2, 0) is 4.79 Å². The number of halogens is 1. The van der Waals surface area contributed by atoms with E-state index < -0.39 is 0 Å². The molecule has 0 bridgehead atoms. The molecule has 0 aliphatic carbocycles. The maximum absolute atomic E-state index is 12.2. The molecule has 0 aliphatic heterocycles. The van der Waals surface area contributed by atoms with Crippen LogP contribution < -0.4 is 14.8 Å². The summed E-state index contributed by atoms with van der Waals surface area (Å²) in [5.41, 5.74) is 2.00. The molecule has 3 aromatic carbocycles. The minimum absolute atomic E-state index is 0.146. The number of hydrogen-bond donors (Lipinski definition) is 1. The minimum Gasteiger partial charge on any atom is -0.497 e. The van der Waals surface area contributed by atoms with E-state index >= 15 is 0 Å². The maximum atomic E-state index is 12.2. The summed E-state index contributed by atoms with van der Waals surface area (Å²) < 4.78 is 16.1. The van der Waals surface area contributed by atoms with E-state index in [9.17, 15) is 4.79 Å². The summed E-state index contributed by atoms with van der Waals surface area (Å²) in [7, 11) is 1.59. The van der Waals surface area contributed by atoms with Gasteiger partial charge in [-0.05, 0) is 48.5 Å². The molecule has 7 nitrogen and oxygen atoms in total. The lowest BCUT2D eigenvalue weighted by atomic mass is 10.2. The van der Waals surface area contributed by atoms with Crippen molar-refractivity contribution < 1.29 is 18.8 Å². The van der Waals surface area contributed by atoms with E-state index in [0.29, 0.717) is 45.1 Å². The van der Waals surface area contributed by atoms with E-state index in [4.69, 9.17) is 25.6 Å². The molecule has 4 aromatic rings. The van der Waals surface area contributed by atoms with Gasteiger partial charge in [0.2, 0.25) is 5.82 Å². The van der Waals surface area contributed by atoms with Crippen LogP contribution in [0.5, 0.6) is 11.5 Å². The molecule has 0 unspecified atom stereocenters. The highest BCUT2D eigenvalue weighted by atomic mass is 35.5. The average molecular weight is 436 g/mol. The summed E-state index contributed by atoms with van der Waals surface area (Å²) in [6, 6.07) is 21.4. The Labute approximate surface area is 183 Å². The fourth-order valence-corrected chi connectivity index (χ4v) is 3.05. The standard InChI is InChI=1S/C23H18ClN3O4/c1-29-17-11-9-16(10-12-17)25-21(28)14-30-18-6-4-5-15(13-18)22-26-23(31-27-22)19-7-2-3-8-20(19)24/h2-13H,14H2,1H3,(H,25,28). The molecule has 8 heteroatoms. The first-order chi connectivity index (χ1) is 15.1. The highest BCUT2D eigenvalue weighted by Gasteiger charge is 2.14. The molecular formula is C23H18ClN3O4. The largest absolute Gasteiger partial charge is 0.497 e. The predicted octanol–water partition coefficient (Wildman–Crippen LogP) is 5.08. The third-order valence-corrected chi connectivity index (χ3v) is 4.70. The number of nitrogens with one attached hydrogen (secondary N) is 1. The SMILES string of the molecule is COc1ccc(NC(=O)COc2cccc(-c3noc(-c4ccccc4Cl)n3)c2)cc1. The number of aromatic nitrogens is 2. The van der Waals surface area contributed by atoms with E-state index in [1.54, 1.807) is 61.7 Å². The molecule has 0 saturated carbocycles. The topological polar surface area (TPSA) is 86.5 Å². The number of hydrogen-bond acceptors (Lipinski definition) is 6. The molecule has 4 rings (SSSR count). The Morgan fingerprint density at radius 1 is 1.03 bits per heavy atom. The second kappa shape index (κ2) is 9.32. The molecule has 1 aromatic heterocycles. The summed E-state index contributed by atoms with van der Waals surface area (Å²) >= 11 is 6.19. The molecule has 0 spiro atoms. The van der Waals surface area contributed by atoms with Crippen molar-refractivity contribution in [2.45, 2.75) is 0 Å². The summed E-state index contributed by atoms with van der Waals surface area (Å²) in [5.74, 6) is 1.65. The van der Waals surface area contributed by atoms with Crippen LogP contribution in [0, 0.1) is 0 Å². The van der Waals surface area contributed by atoms with Crippen molar-refractivity contribution in [2.24, 2.45) is 0 Å². The van der Waals surface area contributed by atoms with Crippen LogP contribution in [0.2, 0.25) is 5.02 Å². The Balaban J connectivity index is 1.40. The van der Waals surface area contributed by atoms with Gasteiger partial charge in [0.15, 0.2) is 6.61 Å². The number of methoxy groups -OCH3 is 1. The number of carbonyl (C=O) groups is 1. The van der Waals surface area contributed by atoms with Crippen LogP contribution in [0.15, 0.2) is 77.3 Å². The Bertz CT molecular complexity index is 1190. The number of rotatable bonds is 7. The van der Waals surface area contributed by atoms with E-state index in [-0.39, 0.29) is 12.5 Å². The second-order valence-corrected chi connectivity index (χ2v) is 6.90. The van der Waals surface area contributed by atoms with Crippen molar-refractivity contribution in [1.82, 2.24) is 10.1 Å². The lowest BCUT2D eigenvalue weighted by molar-refractivity contribution is -0.118. The number of ether oxygens (including phenoxy) is 2. The zero-order valence-electron chi connectivity index (χ0n) is 16.5. The molecule has 0 saturated heterocycles. The van der Waals surface area contributed by atoms with Gasteiger partial charge in [0.1, 0.15) is 11.5 Å². The quantitative estimate of drug-likeness (QED) is 0.435. The van der Waals surface area contributed by atoms with E-state index in [2.05, 4.69) is 15.5 Å². The molecule has 156 valence electrons. The van der Waals surface area contributed by atoms with Gasteiger partial charge in [-0.1, -0.05) is 41.0 Å². The number of benzene rings is 3. The van der Waals surface area contributed by atoms with Gasteiger partial charge in [0, 0.05) is 11.3 Å².